The van der Waals surface area contributed by atoms with Gasteiger partial charge in [0.25, 0.3) is 0 Å². The van der Waals surface area contributed by atoms with Crippen LogP contribution in [0.3, 0.4) is 0 Å². The van der Waals surface area contributed by atoms with Crippen LogP contribution in [-0.2, 0) is 4.74 Å². The number of ether oxygens (including phenoxy) is 1. The van der Waals surface area contributed by atoms with E-state index in [0.29, 0.717) is 0 Å². The third kappa shape index (κ3) is 8.10. The Balaban J connectivity index is 3.58. The fourth-order valence-electron chi connectivity index (χ4n) is 1.65. The fourth-order valence-corrected chi connectivity index (χ4v) is 1.84. The molecule has 0 aromatic heterocycles. The van der Waals surface area contributed by atoms with Crippen molar-refractivity contribution in [3.8, 4) is 0 Å². The molecule has 0 aliphatic heterocycles. The monoisotopic (exact) mass is 234 g/mol. The summed E-state index contributed by atoms with van der Waals surface area (Å²) in [5, 5.41) is 0. The predicted octanol–water partition coefficient (Wildman–Crippen LogP) is 4.77. The van der Waals surface area contributed by atoms with Gasteiger partial charge in [0, 0.05) is 12.5 Å². The Morgan fingerprint density at radius 3 is 2.27 bits per heavy atom. The summed E-state index contributed by atoms with van der Waals surface area (Å²) in [6.07, 6.45) is 8.39. The molecule has 0 aliphatic rings. The first-order valence-electron chi connectivity index (χ1n) is 6.38. The van der Waals surface area contributed by atoms with Crippen molar-refractivity contribution in [3.05, 3.63) is 0 Å². The molecule has 1 atom stereocenters. The quantitative estimate of drug-likeness (QED) is 0.391. The van der Waals surface area contributed by atoms with E-state index in [1.54, 1.807) is 0 Å². The fraction of sp³-hybridized carbons (Fsp3) is 1.00. The van der Waals surface area contributed by atoms with E-state index in [1.807, 2.05) is 0 Å². The molecule has 15 heavy (non-hydrogen) atoms. The first-order valence-corrected chi connectivity index (χ1v) is 6.92. The zero-order valence-corrected chi connectivity index (χ0v) is 11.4. The molecule has 0 amide bonds. The molecule has 0 N–H and O–H groups in total. The van der Waals surface area contributed by atoms with Crippen molar-refractivity contribution in [2.45, 2.75) is 71.3 Å². The Bertz CT molecular complexity index is 138. The van der Waals surface area contributed by atoms with Crippen LogP contribution < -0.4 is 0 Å². The minimum Gasteiger partial charge on any atom is -0.375 e. The van der Waals surface area contributed by atoms with Crippen LogP contribution in [0.25, 0.3) is 0 Å². The van der Waals surface area contributed by atoms with Gasteiger partial charge >= 0.3 is 0 Å². The van der Waals surface area contributed by atoms with Crippen LogP contribution >= 0.6 is 11.6 Å². The lowest BCUT2D eigenvalue weighted by Crippen LogP contribution is -2.28. The van der Waals surface area contributed by atoms with Gasteiger partial charge in [0.05, 0.1) is 5.60 Å². The smallest absolute Gasteiger partial charge is 0.0651 e. The molecule has 1 nitrogen and oxygen atoms in total. The van der Waals surface area contributed by atoms with Gasteiger partial charge in [-0.1, -0.05) is 33.1 Å². The van der Waals surface area contributed by atoms with Gasteiger partial charge in [0.2, 0.25) is 0 Å². The minimum atomic E-state index is 0.108. The van der Waals surface area contributed by atoms with E-state index in [4.69, 9.17) is 16.3 Å². The Morgan fingerprint density at radius 1 is 1.07 bits per heavy atom. The third-order valence-corrected chi connectivity index (χ3v) is 3.26. The third-order valence-electron chi connectivity index (χ3n) is 2.99. The van der Waals surface area contributed by atoms with E-state index in [-0.39, 0.29) is 5.60 Å². The standard InChI is InChI=1S/C13H27ClO/c1-4-12-15-13(3,5-2)10-8-6-7-9-11-14/h4-12H2,1-3H3. The zero-order valence-electron chi connectivity index (χ0n) is 10.7. The molecule has 0 bridgehead atoms. The zero-order chi connectivity index (χ0) is 11.6. The van der Waals surface area contributed by atoms with Gasteiger partial charge in [-0.2, -0.15) is 0 Å². The number of halogens is 1. The molecular weight excluding hydrogens is 208 g/mol. The highest BCUT2D eigenvalue weighted by molar-refractivity contribution is 6.17. The van der Waals surface area contributed by atoms with Gasteiger partial charge in [0.15, 0.2) is 0 Å². The number of unbranched alkanes of at least 4 members (excludes halogenated alkanes) is 3. The van der Waals surface area contributed by atoms with Crippen molar-refractivity contribution in [3.63, 3.8) is 0 Å². The van der Waals surface area contributed by atoms with E-state index in [9.17, 15) is 0 Å². The molecule has 1 unspecified atom stereocenters. The summed E-state index contributed by atoms with van der Waals surface area (Å²) in [6, 6.07) is 0. The molecule has 2 heteroatoms. The Hall–Kier alpha value is 0.250. The molecule has 0 spiro atoms. The minimum absolute atomic E-state index is 0.108. The molecular formula is C13H27ClO. The summed E-state index contributed by atoms with van der Waals surface area (Å²) in [6.45, 7) is 7.52. The van der Waals surface area contributed by atoms with E-state index < -0.39 is 0 Å². The van der Waals surface area contributed by atoms with Gasteiger partial charge < -0.3 is 4.74 Å². The second-order valence-electron chi connectivity index (χ2n) is 4.51. The molecule has 0 heterocycles. The average molecular weight is 235 g/mol. The lowest BCUT2D eigenvalue weighted by atomic mass is 9.95. The van der Waals surface area contributed by atoms with Gasteiger partial charge in [-0.3, -0.25) is 0 Å². The number of hydrogen-bond acceptors (Lipinski definition) is 1. The van der Waals surface area contributed by atoms with Crippen molar-refractivity contribution in [1.29, 1.82) is 0 Å². The van der Waals surface area contributed by atoms with Gasteiger partial charge in [-0.15, -0.1) is 11.6 Å². The normalized spacial score (nSPS) is 15.2. The van der Waals surface area contributed by atoms with Crippen molar-refractivity contribution in [2.24, 2.45) is 0 Å². The van der Waals surface area contributed by atoms with Crippen molar-refractivity contribution in [1.82, 2.24) is 0 Å². The average Bonchev–Trinajstić information content (AvgIpc) is 2.26. The predicted molar refractivity (Wildman–Crippen MR) is 68.7 cm³/mol. The molecule has 0 saturated heterocycles. The van der Waals surface area contributed by atoms with Crippen LogP contribution in [-0.4, -0.2) is 18.1 Å². The Labute approximate surface area is 101 Å². The summed E-state index contributed by atoms with van der Waals surface area (Å²) in [7, 11) is 0. The van der Waals surface area contributed by atoms with Crippen molar-refractivity contribution >= 4 is 11.6 Å². The van der Waals surface area contributed by atoms with Gasteiger partial charge in [-0.05, 0) is 32.6 Å². The first-order chi connectivity index (χ1) is 7.18. The molecule has 0 aromatic carbocycles. The number of alkyl halides is 1. The lowest BCUT2D eigenvalue weighted by Gasteiger charge is -2.28. The maximum absolute atomic E-state index is 5.91. The van der Waals surface area contributed by atoms with E-state index in [0.717, 1.165) is 31.7 Å². The summed E-state index contributed by atoms with van der Waals surface area (Å²) < 4.78 is 5.91. The Morgan fingerprint density at radius 2 is 1.73 bits per heavy atom. The number of hydrogen-bond donors (Lipinski definition) is 0. The highest BCUT2D eigenvalue weighted by Crippen LogP contribution is 2.23. The molecule has 0 aliphatic carbocycles. The highest BCUT2D eigenvalue weighted by atomic mass is 35.5. The van der Waals surface area contributed by atoms with Gasteiger partial charge in [0.1, 0.15) is 0 Å². The molecule has 92 valence electrons. The SMILES string of the molecule is CCCOC(C)(CC)CCCCCCCl. The maximum atomic E-state index is 5.91. The summed E-state index contributed by atoms with van der Waals surface area (Å²) >= 11 is 5.64. The van der Waals surface area contributed by atoms with Crippen LogP contribution in [0.5, 0.6) is 0 Å². The molecule has 0 aromatic rings. The lowest BCUT2D eigenvalue weighted by molar-refractivity contribution is -0.0415. The van der Waals surface area contributed by atoms with Crippen LogP contribution in [0.15, 0.2) is 0 Å². The van der Waals surface area contributed by atoms with E-state index >= 15 is 0 Å². The molecule has 0 fully saturated rings. The van der Waals surface area contributed by atoms with E-state index in [2.05, 4.69) is 20.8 Å². The highest BCUT2D eigenvalue weighted by Gasteiger charge is 2.21. The van der Waals surface area contributed by atoms with Crippen molar-refractivity contribution < 1.29 is 4.74 Å². The van der Waals surface area contributed by atoms with Gasteiger partial charge in [-0.25, -0.2) is 0 Å². The Kier molecular flexibility index (Phi) is 9.63. The van der Waals surface area contributed by atoms with Crippen LogP contribution in [0.2, 0.25) is 0 Å². The molecule has 0 rings (SSSR count). The summed E-state index contributed by atoms with van der Waals surface area (Å²) in [5.74, 6) is 0.803. The molecule has 0 radical (unpaired) electrons. The summed E-state index contributed by atoms with van der Waals surface area (Å²) in [4.78, 5) is 0. The molecule has 0 saturated carbocycles. The second kappa shape index (κ2) is 9.47. The maximum Gasteiger partial charge on any atom is 0.0651 e. The van der Waals surface area contributed by atoms with E-state index in [1.165, 1.54) is 25.7 Å². The topological polar surface area (TPSA) is 9.23 Å². The van der Waals surface area contributed by atoms with Crippen LogP contribution in [0, 0.1) is 0 Å². The van der Waals surface area contributed by atoms with Crippen molar-refractivity contribution in [2.75, 3.05) is 12.5 Å². The first kappa shape index (κ1) is 15.2. The summed E-state index contributed by atoms with van der Waals surface area (Å²) in [5.41, 5.74) is 0.108. The van der Waals surface area contributed by atoms with Crippen LogP contribution in [0.4, 0.5) is 0 Å². The van der Waals surface area contributed by atoms with Crippen LogP contribution in [0.1, 0.15) is 65.7 Å². The second-order valence-corrected chi connectivity index (χ2v) is 4.88. The largest absolute Gasteiger partial charge is 0.375 e. The number of rotatable bonds is 10.